The molecule has 2 heterocycles. The van der Waals surface area contributed by atoms with Crippen LogP contribution in [0.4, 0.5) is 8.78 Å². The molecule has 2 aliphatic rings. The number of rotatable bonds is 6. The first-order valence-electron chi connectivity index (χ1n) is 9.72. The summed E-state index contributed by atoms with van der Waals surface area (Å²) in [5.41, 5.74) is -3.93. The molecular formula is C18H32B2F2O6. The number of esters is 1. The quantitative estimate of drug-likeness (QED) is 0.498. The van der Waals surface area contributed by atoms with Crippen LogP contribution in [0.3, 0.4) is 0 Å². The highest BCUT2D eigenvalue weighted by Gasteiger charge is 2.64. The molecule has 0 radical (unpaired) electrons. The van der Waals surface area contributed by atoms with Gasteiger partial charge in [-0.05, 0) is 62.3 Å². The first-order chi connectivity index (χ1) is 12.5. The standard InChI is InChI=1S/C18H32B2F2O6/c1-10-24-13(23)18(21,22)11-12(19-25-14(2,3)15(4,5)26-19)20-27-16(6,7)17(8,9)28-20/h12H,10-11H2,1-9H3. The van der Waals surface area contributed by atoms with Crippen LogP contribution in [-0.4, -0.2) is 55.1 Å². The van der Waals surface area contributed by atoms with E-state index in [0.717, 1.165) is 0 Å². The predicted octanol–water partition coefficient (Wildman–Crippen LogP) is 3.67. The van der Waals surface area contributed by atoms with Crippen LogP contribution in [0.1, 0.15) is 68.7 Å². The van der Waals surface area contributed by atoms with Gasteiger partial charge in [-0.3, -0.25) is 0 Å². The van der Waals surface area contributed by atoms with Crippen molar-refractivity contribution in [1.82, 2.24) is 0 Å². The SMILES string of the molecule is CCOC(=O)C(F)(F)CC(B1OC(C)(C)C(C)(C)O1)B1OC(C)(C)C(C)(C)O1. The molecular weight excluding hydrogens is 372 g/mol. The number of carbonyl (C=O) groups excluding carboxylic acids is 1. The van der Waals surface area contributed by atoms with Crippen molar-refractivity contribution in [2.45, 2.75) is 103 Å². The van der Waals surface area contributed by atoms with Gasteiger partial charge in [-0.25, -0.2) is 4.79 Å². The molecule has 10 heteroatoms. The van der Waals surface area contributed by atoms with Crippen molar-refractivity contribution in [2.75, 3.05) is 6.61 Å². The second kappa shape index (κ2) is 7.22. The van der Waals surface area contributed by atoms with E-state index in [4.69, 9.17) is 18.6 Å². The summed E-state index contributed by atoms with van der Waals surface area (Å²) < 4.78 is 57.8. The minimum atomic E-state index is -3.73. The fourth-order valence-corrected chi connectivity index (χ4v) is 3.06. The van der Waals surface area contributed by atoms with Crippen LogP contribution in [-0.2, 0) is 28.1 Å². The maximum atomic E-state index is 14.6. The Bertz CT molecular complexity index is 541. The second-order valence-corrected chi connectivity index (χ2v) is 9.54. The minimum Gasteiger partial charge on any atom is -0.462 e. The third-order valence-corrected chi connectivity index (χ3v) is 6.31. The summed E-state index contributed by atoms with van der Waals surface area (Å²) >= 11 is 0. The van der Waals surface area contributed by atoms with Gasteiger partial charge in [0.25, 0.3) is 0 Å². The van der Waals surface area contributed by atoms with Crippen molar-refractivity contribution in [3.8, 4) is 0 Å². The number of carbonyl (C=O) groups is 1. The molecule has 28 heavy (non-hydrogen) atoms. The van der Waals surface area contributed by atoms with E-state index in [9.17, 15) is 13.6 Å². The topological polar surface area (TPSA) is 63.2 Å². The first-order valence-corrected chi connectivity index (χ1v) is 9.72. The normalized spacial score (nSPS) is 25.4. The van der Waals surface area contributed by atoms with Gasteiger partial charge in [-0.2, -0.15) is 8.78 Å². The minimum absolute atomic E-state index is 0.133. The Labute approximate surface area is 167 Å². The molecule has 0 aromatic heterocycles. The molecule has 0 aromatic rings. The van der Waals surface area contributed by atoms with Crippen molar-refractivity contribution < 1.29 is 36.9 Å². The Morgan fingerprint density at radius 2 is 1.18 bits per heavy atom. The lowest BCUT2D eigenvalue weighted by Crippen LogP contribution is -2.44. The largest absolute Gasteiger partial charge is 0.462 e. The van der Waals surface area contributed by atoms with Gasteiger partial charge in [0, 0.05) is 12.1 Å². The van der Waals surface area contributed by atoms with E-state index in [2.05, 4.69) is 4.74 Å². The molecule has 0 aliphatic carbocycles. The van der Waals surface area contributed by atoms with Gasteiger partial charge in [0.2, 0.25) is 0 Å². The van der Waals surface area contributed by atoms with Crippen LogP contribution < -0.4 is 0 Å². The lowest BCUT2D eigenvalue weighted by molar-refractivity contribution is -0.172. The van der Waals surface area contributed by atoms with E-state index in [1.54, 1.807) is 0 Å². The average Bonchev–Trinajstić information content (AvgIpc) is 2.84. The fraction of sp³-hybridized carbons (Fsp3) is 0.944. The molecule has 0 amide bonds. The second-order valence-electron chi connectivity index (χ2n) is 9.54. The van der Waals surface area contributed by atoms with Crippen molar-refractivity contribution in [2.24, 2.45) is 0 Å². The molecule has 2 fully saturated rings. The highest BCUT2D eigenvalue weighted by Crippen LogP contribution is 2.48. The number of halogens is 2. The van der Waals surface area contributed by atoms with Crippen LogP contribution in [0.25, 0.3) is 0 Å². The molecule has 0 atom stereocenters. The molecule has 6 nitrogen and oxygen atoms in total. The van der Waals surface area contributed by atoms with E-state index >= 15 is 0 Å². The van der Waals surface area contributed by atoms with Crippen LogP contribution in [0.2, 0.25) is 5.72 Å². The van der Waals surface area contributed by atoms with E-state index in [1.807, 2.05) is 55.4 Å². The van der Waals surface area contributed by atoms with Crippen molar-refractivity contribution in [1.29, 1.82) is 0 Å². The third-order valence-electron chi connectivity index (χ3n) is 6.31. The van der Waals surface area contributed by atoms with Crippen LogP contribution >= 0.6 is 0 Å². The summed E-state index contributed by atoms with van der Waals surface area (Å²) in [5.74, 6) is -5.30. The Morgan fingerprint density at radius 1 is 0.857 bits per heavy atom. The molecule has 0 bridgehead atoms. The van der Waals surface area contributed by atoms with Gasteiger partial charge in [-0.15, -0.1) is 0 Å². The monoisotopic (exact) mass is 404 g/mol. The number of ether oxygens (including phenoxy) is 1. The Morgan fingerprint density at radius 3 is 1.46 bits per heavy atom. The Kier molecular flexibility index (Phi) is 6.08. The molecule has 160 valence electrons. The van der Waals surface area contributed by atoms with Crippen LogP contribution in [0.5, 0.6) is 0 Å². The van der Waals surface area contributed by atoms with Gasteiger partial charge in [0.15, 0.2) is 0 Å². The zero-order valence-electron chi connectivity index (χ0n) is 18.4. The number of hydrogen-bond donors (Lipinski definition) is 0. The van der Waals surface area contributed by atoms with Gasteiger partial charge in [0.1, 0.15) is 0 Å². The molecule has 2 saturated heterocycles. The molecule has 0 saturated carbocycles. The summed E-state index contributed by atoms with van der Waals surface area (Å²) in [4.78, 5) is 11.8. The highest BCUT2D eigenvalue weighted by molar-refractivity contribution is 6.68. The fourth-order valence-electron chi connectivity index (χ4n) is 3.06. The lowest BCUT2D eigenvalue weighted by Gasteiger charge is -2.32. The maximum absolute atomic E-state index is 14.6. The average molecular weight is 404 g/mol. The summed E-state index contributed by atoms with van der Waals surface area (Å²) in [7, 11) is -2.06. The van der Waals surface area contributed by atoms with E-state index in [1.165, 1.54) is 6.92 Å². The van der Waals surface area contributed by atoms with E-state index < -0.39 is 60.7 Å². The first kappa shape index (κ1) is 23.6. The Balaban J connectivity index is 2.34. The van der Waals surface area contributed by atoms with E-state index in [-0.39, 0.29) is 6.61 Å². The predicted molar refractivity (Wildman–Crippen MR) is 102 cm³/mol. The number of hydrogen-bond acceptors (Lipinski definition) is 6. The van der Waals surface area contributed by atoms with E-state index in [0.29, 0.717) is 0 Å². The molecule has 2 rings (SSSR count). The van der Waals surface area contributed by atoms with Crippen LogP contribution in [0, 0.1) is 0 Å². The highest BCUT2D eigenvalue weighted by atomic mass is 19.3. The summed E-state index contributed by atoms with van der Waals surface area (Å²) in [5, 5.41) is 0. The van der Waals surface area contributed by atoms with Crippen LogP contribution in [0.15, 0.2) is 0 Å². The zero-order valence-corrected chi connectivity index (χ0v) is 18.4. The van der Waals surface area contributed by atoms with Crippen molar-refractivity contribution >= 4 is 20.2 Å². The van der Waals surface area contributed by atoms with Gasteiger partial charge in [0.05, 0.1) is 29.0 Å². The lowest BCUT2D eigenvalue weighted by atomic mass is 9.49. The summed E-state index contributed by atoms with van der Waals surface area (Å²) in [6, 6.07) is 0. The number of alkyl halides is 2. The molecule has 0 aromatic carbocycles. The van der Waals surface area contributed by atoms with Gasteiger partial charge < -0.3 is 23.4 Å². The van der Waals surface area contributed by atoms with Crippen molar-refractivity contribution in [3.63, 3.8) is 0 Å². The van der Waals surface area contributed by atoms with Gasteiger partial charge in [-0.1, -0.05) is 0 Å². The summed E-state index contributed by atoms with van der Waals surface area (Å²) in [6.45, 7) is 16.0. The molecule has 0 spiro atoms. The Hall–Kier alpha value is -0.700. The zero-order chi connectivity index (χ0) is 21.8. The molecule has 0 unspecified atom stereocenters. The maximum Gasteiger partial charge on any atom is 0.459 e. The van der Waals surface area contributed by atoms with Gasteiger partial charge >= 0.3 is 26.1 Å². The smallest absolute Gasteiger partial charge is 0.459 e. The summed E-state index contributed by atoms with van der Waals surface area (Å²) in [6.07, 6.45) is -0.876. The van der Waals surface area contributed by atoms with Crippen molar-refractivity contribution in [3.05, 3.63) is 0 Å². The molecule has 0 N–H and O–H groups in total. The third kappa shape index (κ3) is 4.25. The molecule has 2 aliphatic heterocycles.